The van der Waals surface area contributed by atoms with Crippen LogP contribution in [0.3, 0.4) is 0 Å². The van der Waals surface area contributed by atoms with Crippen molar-refractivity contribution in [3.8, 4) is 0 Å². The summed E-state index contributed by atoms with van der Waals surface area (Å²) in [6, 6.07) is 8.88. The number of rotatable bonds is 3. The van der Waals surface area contributed by atoms with E-state index < -0.39 is 0 Å². The maximum atomic E-state index is 4.31. The Morgan fingerprint density at radius 2 is 1.89 bits per heavy atom. The monoisotopic (exact) mass is 242 g/mol. The highest BCUT2D eigenvalue weighted by atomic mass is 14.9. The van der Waals surface area contributed by atoms with Crippen molar-refractivity contribution < 1.29 is 0 Å². The number of nitrogens with zero attached hydrogens (tertiary/aromatic N) is 1. The summed E-state index contributed by atoms with van der Waals surface area (Å²) in [6.45, 7) is 9.87. The van der Waals surface area contributed by atoms with E-state index in [0.717, 1.165) is 6.54 Å². The van der Waals surface area contributed by atoms with Gasteiger partial charge in [0, 0.05) is 30.4 Å². The molecular weight excluding hydrogens is 220 g/mol. The van der Waals surface area contributed by atoms with E-state index >= 15 is 0 Å². The number of pyridine rings is 1. The average Bonchev–Trinajstić information content (AvgIpc) is 2.34. The lowest BCUT2D eigenvalue weighted by molar-refractivity contribution is 0.285. The Balaban J connectivity index is 2.18. The molecule has 0 radical (unpaired) electrons. The maximum Gasteiger partial charge on any atom is 0.0346 e. The molecular formula is C16H22N2. The molecule has 0 saturated heterocycles. The van der Waals surface area contributed by atoms with Gasteiger partial charge in [0.2, 0.25) is 0 Å². The van der Waals surface area contributed by atoms with Crippen LogP contribution in [0.2, 0.25) is 0 Å². The lowest BCUT2D eigenvalue weighted by Crippen LogP contribution is -2.37. The molecule has 0 fully saturated rings. The summed E-state index contributed by atoms with van der Waals surface area (Å²) in [5, 5.41) is 6.09. The molecule has 1 heterocycles. The van der Waals surface area contributed by atoms with Crippen molar-refractivity contribution in [1.29, 1.82) is 0 Å². The van der Waals surface area contributed by atoms with Crippen LogP contribution >= 0.6 is 0 Å². The molecule has 2 rings (SSSR count). The fourth-order valence-electron chi connectivity index (χ4n) is 1.89. The summed E-state index contributed by atoms with van der Waals surface area (Å²) in [6.07, 6.45) is 3.89. The van der Waals surface area contributed by atoms with Crippen LogP contribution in [0.5, 0.6) is 0 Å². The van der Waals surface area contributed by atoms with E-state index in [0.29, 0.717) is 6.04 Å². The maximum absolute atomic E-state index is 4.31. The summed E-state index contributed by atoms with van der Waals surface area (Å²) >= 11 is 0. The van der Waals surface area contributed by atoms with Crippen LogP contribution in [0.15, 0.2) is 36.7 Å². The lowest BCUT2D eigenvalue weighted by Gasteiger charge is -2.28. The molecule has 2 heteroatoms. The van der Waals surface area contributed by atoms with Crippen molar-refractivity contribution in [2.45, 2.75) is 40.3 Å². The molecule has 0 aliphatic rings. The van der Waals surface area contributed by atoms with Gasteiger partial charge in [0.05, 0.1) is 0 Å². The van der Waals surface area contributed by atoms with Gasteiger partial charge in [-0.2, -0.15) is 0 Å². The van der Waals surface area contributed by atoms with Crippen LogP contribution in [-0.2, 0) is 6.54 Å². The van der Waals surface area contributed by atoms with E-state index in [4.69, 9.17) is 0 Å². The van der Waals surface area contributed by atoms with Crippen molar-refractivity contribution >= 4 is 10.8 Å². The molecule has 0 aliphatic carbocycles. The van der Waals surface area contributed by atoms with E-state index in [1.165, 1.54) is 16.3 Å². The molecule has 96 valence electrons. The van der Waals surface area contributed by atoms with E-state index in [2.05, 4.69) is 62.3 Å². The zero-order valence-electron chi connectivity index (χ0n) is 11.7. The molecule has 1 aromatic heterocycles. The van der Waals surface area contributed by atoms with Crippen LogP contribution in [0.4, 0.5) is 0 Å². The smallest absolute Gasteiger partial charge is 0.0346 e. The number of hydrogen-bond acceptors (Lipinski definition) is 2. The van der Waals surface area contributed by atoms with Crippen LogP contribution in [0.1, 0.15) is 33.3 Å². The Bertz CT molecular complexity index is 521. The Morgan fingerprint density at radius 3 is 2.61 bits per heavy atom. The quantitative estimate of drug-likeness (QED) is 0.886. The molecule has 1 atom stereocenters. The highest BCUT2D eigenvalue weighted by Crippen LogP contribution is 2.21. The summed E-state index contributed by atoms with van der Waals surface area (Å²) < 4.78 is 0. The second-order valence-corrected chi connectivity index (χ2v) is 5.99. The standard InChI is InChI=1S/C16H22N2/c1-12(16(2,3)4)18-11-14-10-17-9-13-7-5-6-8-15(13)14/h5-10,12,18H,11H2,1-4H3. The molecule has 2 nitrogen and oxygen atoms in total. The molecule has 1 aromatic carbocycles. The van der Waals surface area contributed by atoms with Gasteiger partial charge in [-0.15, -0.1) is 0 Å². The summed E-state index contributed by atoms with van der Waals surface area (Å²) in [5.74, 6) is 0. The highest BCUT2D eigenvalue weighted by Gasteiger charge is 2.19. The van der Waals surface area contributed by atoms with E-state index in [1.54, 1.807) is 0 Å². The summed E-state index contributed by atoms with van der Waals surface area (Å²) in [4.78, 5) is 4.31. The molecule has 0 amide bonds. The first kappa shape index (κ1) is 13.0. The fourth-order valence-corrected chi connectivity index (χ4v) is 1.89. The lowest BCUT2D eigenvalue weighted by atomic mass is 9.88. The predicted molar refractivity (Wildman–Crippen MR) is 77.5 cm³/mol. The van der Waals surface area contributed by atoms with Crippen molar-refractivity contribution in [3.63, 3.8) is 0 Å². The molecule has 0 aliphatic heterocycles. The highest BCUT2D eigenvalue weighted by molar-refractivity contribution is 5.84. The van der Waals surface area contributed by atoms with Crippen molar-refractivity contribution in [2.75, 3.05) is 0 Å². The molecule has 2 aromatic rings. The first-order chi connectivity index (χ1) is 8.48. The first-order valence-electron chi connectivity index (χ1n) is 6.53. The zero-order chi connectivity index (χ0) is 13.2. The summed E-state index contributed by atoms with van der Waals surface area (Å²) in [5.41, 5.74) is 1.54. The number of fused-ring (bicyclic) bond motifs is 1. The number of aromatic nitrogens is 1. The van der Waals surface area contributed by atoms with E-state index in [9.17, 15) is 0 Å². The van der Waals surface area contributed by atoms with Crippen molar-refractivity contribution in [1.82, 2.24) is 10.3 Å². The third kappa shape index (κ3) is 2.88. The Labute approximate surface area is 109 Å². The van der Waals surface area contributed by atoms with Crippen LogP contribution in [0, 0.1) is 5.41 Å². The fraction of sp³-hybridized carbons (Fsp3) is 0.438. The molecule has 1 unspecified atom stereocenters. The molecule has 1 N–H and O–H groups in total. The van der Waals surface area contributed by atoms with E-state index in [-0.39, 0.29) is 5.41 Å². The second kappa shape index (κ2) is 5.07. The minimum absolute atomic E-state index is 0.276. The Kier molecular flexibility index (Phi) is 3.67. The third-order valence-electron chi connectivity index (χ3n) is 3.65. The van der Waals surface area contributed by atoms with E-state index in [1.807, 2.05) is 12.4 Å². The third-order valence-corrected chi connectivity index (χ3v) is 3.65. The van der Waals surface area contributed by atoms with Gasteiger partial charge in [0.25, 0.3) is 0 Å². The number of benzene rings is 1. The van der Waals surface area contributed by atoms with Gasteiger partial charge < -0.3 is 5.32 Å². The molecule has 18 heavy (non-hydrogen) atoms. The molecule has 0 spiro atoms. The van der Waals surface area contributed by atoms with Gasteiger partial charge >= 0.3 is 0 Å². The van der Waals surface area contributed by atoms with Gasteiger partial charge in [0.15, 0.2) is 0 Å². The Morgan fingerprint density at radius 1 is 1.17 bits per heavy atom. The second-order valence-electron chi connectivity index (χ2n) is 5.99. The van der Waals surface area contributed by atoms with Gasteiger partial charge in [-0.3, -0.25) is 4.98 Å². The SMILES string of the molecule is CC(NCc1cncc2ccccc12)C(C)(C)C. The Hall–Kier alpha value is -1.41. The minimum Gasteiger partial charge on any atom is -0.310 e. The topological polar surface area (TPSA) is 24.9 Å². The van der Waals surface area contributed by atoms with Crippen LogP contribution < -0.4 is 5.32 Å². The molecule has 0 saturated carbocycles. The van der Waals surface area contributed by atoms with Gasteiger partial charge in [-0.05, 0) is 23.3 Å². The normalized spacial score (nSPS) is 13.8. The number of nitrogens with one attached hydrogen (secondary N) is 1. The number of hydrogen-bond donors (Lipinski definition) is 1. The average molecular weight is 242 g/mol. The summed E-state index contributed by atoms with van der Waals surface area (Å²) in [7, 11) is 0. The first-order valence-corrected chi connectivity index (χ1v) is 6.53. The van der Waals surface area contributed by atoms with Crippen LogP contribution in [-0.4, -0.2) is 11.0 Å². The predicted octanol–water partition coefficient (Wildman–Crippen LogP) is 3.76. The van der Waals surface area contributed by atoms with Gasteiger partial charge in [-0.1, -0.05) is 45.0 Å². The van der Waals surface area contributed by atoms with Crippen molar-refractivity contribution in [3.05, 3.63) is 42.2 Å². The van der Waals surface area contributed by atoms with Crippen LogP contribution in [0.25, 0.3) is 10.8 Å². The van der Waals surface area contributed by atoms with Gasteiger partial charge in [0.1, 0.15) is 0 Å². The minimum atomic E-state index is 0.276. The zero-order valence-corrected chi connectivity index (χ0v) is 11.7. The molecule has 0 bridgehead atoms. The van der Waals surface area contributed by atoms with Gasteiger partial charge in [-0.25, -0.2) is 0 Å². The largest absolute Gasteiger partial charge is 0.310 e. The van der Waals surface area contributed by atoms with Crippen molar-refractivity contribution in [2.24, 2.45) is 5.41 Å².